The van der Waals surface area contributed by atoms with Gasteiger partial charge in [0, 0.05) is 25.0 Å². The smallest absolute Gasteiger partial charge is 0.339 e. The lowest BCUT2D eigenvalue weighted by atomic mass is 10.1. The van der Waals surface area contributed by atoms with E-state index in [0.717, 1.165) is 6.20 Å². The SMILES string of the molecule is Cn1ncc(C(=O)O)c1C(=O)Nc1ccn2cc(-c3cccc(OCF)c3)nc2n1. The first-order valence-electron chi connectivity index (χ1n) is 8.68. The van der Waals surface area contributed by atoms with Gasteiger partial charge in [0.05, 0.1) is 11.9 Å². The van der Waals surface area contributed by atoms with Gasteiger partial charge in [-0.05, 0) is 18.2 Å². The van der Waals surface area contributed by atoms with Gasteiger partial charge in [0.2, 0.25) is 12.6 Å². The lowest BCUT2D eigenvalue weighted by Gasteiger charge is -2.06. The number of amides is 1. The molecule has 0 aliphatic carbocycles. The number of nitrogens with zero attached hydrogens (tertiary/aromatic N) is 5. The molecule has 2 N–H and O–H groups in total. The van der Waals surface area contributed by atoms with Gasteiger partial charge in [-0.2, -0.15) is 10.1 Å². The minimum Gasteiger partial charge on any atom is -0.478 e. The van der Waals surface area contributed by atoms with Crippen LogP contribution in [0, 0.1) is 0 Å². The van der Waals surface area contributed by atoms with E-state index in [9.17, 15) is 19.1 Å². The fraction of sp³-hybridized carbons (Fsp3) is 0.105. The van der Waals surface area contributed by atoms with Crippen molar-refractivity contribution in [2.24, 2.45) is 7.05 Å². The van der Waals surface area contributed by atoms with Crippen molar-refractivity contribution in [3.8, 4) is 17.0 Å². The highest BCUT2D eigenvalue weighted by molar-refractivity contribution is 6.09. The van der Waals surface area contributed by atoms with Gasteiger partial charge in [-0.25, -0.2) is 14.2 Å². The number of carbonyl (C=O) groups excluding carboxylic acids is 1. The van der Waals surface area contributed by atoms with E-state index in [-0.39, 0.29) is 17.1 Å². The summed E-state index contributed by atoms with van der Waals surface area (Å²) in [5.74, 6) is -1.04. The van der Waals surface area contributed by atoms with E-state index in [2.05, 4.69) is 20.4 Å². The molecule has 0 fully saturated rings. The molecule has 0 aliphatic heterocycles. The fourth-order valence-corrected chi connectivity index (χ4v) is 2.93. The highest BCUT2D eigenvalue weighted by Crippen LogP contribution is 2.24. The van der Waals surface area contributed by atoms with Crippen LogP contribution in [0.3, 0.4) is 0 Å². The van der Waals surface area contributed by atoms with E-state index in [1.54, 1.807) is 47.1 Å². The molecule has 152 valence electrons. The van der Waals surface area contributed by atoms with Crippen LogP contribution < -0.4 is 10.1 Å². The molecule has 11 heteroatoms. The minimum absolute atomic E-state index is 0.0992. The molecule has 0 atom stereocenters. The second kappa shape index (κ2) is 7.62. The van der Waals surface area contributed by atoms with Gasteiger partial charge in [-0.3, -0.25) is 13.9 Å². The van der Waals surface area contributed by atoms with E-state index >= 15 is 0 Å². The van der Waals surface area contributed by atoms with Crippen molar-refractivity contribution in [3.05, 3.63) is 60.2 Å². The second-order valence-electron chi connectivity index (χ2n) is 6.22. The van der Waals surface area contributed by atoms with Gasteiger partial charge < -0.3 is 15.2 Å². The molecular formula is C19H15FN6O4. The number of aryl methyl sites for hydroxylation is 1. The number of fused-ring (bicyclic) bond motifs is 1. The van der Waals surface area contributed by atoms with Crippen molar-refractivity contribution in [1.29, 1.82) is 0 Å². The number of rotatable bonds is 6. The van der Waals surface area contributed by atoms with Crippen LogP contribution in [0.25, 0.3) is 17.0 Å². The van der Waals surface area contributed by atoms with Crippen molar-refractivity contribution in [1.82, 2.24) is 24.1 Å². The van der Waals surface area contributed by atoms with Crippen LogP contribution in [-0.2, 0) is 7.05 Å². The van der Waals surface area contributed by atoms with Crippen LogP contribution in [0.5, 0.6) is 5.75 Å². The zero-order valence-electron chi connectivity index (χ0n) is 15.6. The Balaban J connectivity index is 1.62. The standard InChI is InChI=1S/C19H15FN6O4/c1-25-16(13(8-21-25)18(28)29)17(27)23-15-5-6-26-9-14(22-19(26)24-15)11-3-2-4-12(7-11)30-10-20/h2-9H,10H2,1H3,(H,28,29)(H,22,23,24,27). The maximum atomic E-state index is 12.5. The molecule has 1 amide bonds. The van der Waals surface area contributed by atoms with Crippen LogP contribution in [-0.4, -0.2) is 48.0 Å². The summed E-state index contributed by atoms with van der Waals surface area (Å²) in [6.07, 6.45) is 4.49. The number of aromatic nitrogens is 5. The molecule has 1 aromatic carbocycles. The summed E-state index contributed by atoms with van der Waals surface area (Å²) in [6, 6.07) is 8.35. The topological polar surface area (TPSA) is 124 Å². The number of alkyl halides is 1. The Labute approximate surface area is 168 Å². The van der Waals surface area contributed by atoms with Gasteiger partial charge in [0.15, 0.2) is 0 Å². The monoisotopic (exact) mass is 410 g/mol. The predicted octanol–water partition coefficient (Wildman–Crippen LogP) is 2.39. The van der Waals surface area contributed by atoms with Crippen LogP contribution >= 0.6 is 0 Å². The molecule has 3 heterocycles. The highest BCUT2D eigenvalue weighted by Gasteiger charge is 2.22. The number of benzene rings is 1. The Morgan fingerprint density at radius 2 is 2.10 bits per heavy atom. The molecule has 0 aliphatic rings. The molecule has 0 unspecified atom stereocenters. The number of carboxylic acids is 1. The van der Waals surface area contributed by atoms with Crippen molar-refractivity contribution in [2.75, 3.05) is 12.2 Å². The number of halogens is 1. The predicted molar refractivity (Wildman–Crippen MR) is 103 cm³/mol. The Morgan fingerprint density at radius 1 is 1.27 bits per heavy atom. The van der Waals surface area contributed by atoms with Gasteiger partial charge >= 0.3 is 5.97 Å². The summed E-state index contributed by atoms with van der Waals surface area (Å²) < 4.78 is 20.1. The van der Waals surface area contributed by atoms with Gasteiger partial charge in [0.25, 0.3) is 5.91 Å². The van der Waals surface area contributed by atoms with Crippen molar-refractivity contribution in [2.45, 2.75) is 0 Å². The number of ether oxygens (including phenoxy) is 1. The minimum atomic E-state index is -1.26. The first-order valence-corrected chi connectivity index (χ1v) is 8.68. The first-order chi connectivity index (χ1) is 14.5. The van der Waals surface area contributed by atoms with Crippen LogP contribution in [0.4, 0.5) is 10.2 Å². The molecule has 0 spiro atoms. The number of anilines is 1. The normalized spacial score (nSPS) is 10.9. The molecule has 0 saturated carbocycles. The summed E-state index contributed by atoms with van der Waals surface area (Å²) in [5.41, 5.74) is 0.973. The van der Waals surface area contributed by atoms with Crippen molar-refractivity contribution in [3.63, 3.8) is 0 Å². The third-order valence-electron chi connectivity index (χ3n) is 4.30. The number of aromatic carboxylic acids is 1. The number of hydrogen-bond donors (Lipinski definition) is 2. The van der Waals surface area contributed by atoms with Crippen LogP contribution in [0.2, 0.25) is 0 Å². The Hall–Kier alpha value is -4.28. The quantitative estimate of drug-likeness (QED) is 0.500. The summed E-state index contributed by atoms with van der Waals surface area (Å²) >= 11 is 0. The number of imidazole rings is 1. The maximum absolute atomic E-state index is 12.5. The maximum Gasteiger partial charge on any atom is 0.339 e. The van der Waals surface area contributed by atoms with Gasteiger partial charge in [-0.1, -0.05) is 12.1 Å². The van der Waals surface area contributed by atoms with Crippen molar-refractivity contribution >= 4 is 23.5 Å². The van der Waals surface area contributed by atoms with Gasteiger partial charge in [0.1, 0.15) is 22.8 Å². The van der Waals surface area contributed by atoms with Crippen LogP contribution in [0.15, 0.2) is 48.9 Å². The van der Waals surface area contributed by atoms with E-state index in [0.29, 0.717) is 22.8 Å². The third-order valence-corrected chi connectivity index (χ3v) is 4.30. The number of hydrogen-bond acceptors (Lipinski definition) is 6. The van der Waals surface area contributed by atoms with Gasteiger partial charge in [-0.15, -0.1) is 0 Å². The lowest BCUT2D eigenvalue weighted by Crippen LogP contribution is -2.20. The van der Waals surface area contributed by atoms with E-state index in [1.165, 1.54) is 11.7 Å². The zero-order chi connectivity index (χ0) is 21.3. The highest BCUT2D eigenvalue weighted by atomic mass is 19.1. The van der Waals surface area contributed by atoms with Crippen molar-refractivity contribution < 1.29 is 23.8 Å². The third kappa shape index (κ3) is 3.55. The molecule has 0 bridgehead atoms. The molecule has 0 radical (unpaired) electrons. The molecule has 30 heavy (non-hydrogen) atoms. The molecular weight excluding hydrogens is 395 g/mol. The summed E-state index contributed by atoms with van der Waals surface area (Å²) in [5, 5.41) is 15.6. The summed E-state index contributed by atoms with van der Waals surface area (Å²) in [4.78, 5) is 32.5. The lowest BCUT2D eigenvalue weighted by molar-refractivity contribution is 0.0692. The number of carboxylic acid groups (broad SMARTS) is 1. The first kappa shape index (κ1) is 19.1. The number of carbonyl (C=O) groups is 2. The Morgan fingerprint density at radius 3 is 2.87 bits per heavy atom. The zero-order valence-corrected chi connectivity index (χ0v) is 15.6. The average molecular weight is 410 g/mol. The van der Waals surface area contributed by atoms with E-state index in [4.69, 9.17) is 4.74 Å². The Kier molecular flexibility index (Phi) is 4.84. The molecule has 4 rings (SSSR count). The Bertz CT molecular complexity index is 1270. The largest absolute Gasteiger partial charge is 0.478 e. The molecule has 10 nitrogen and oxygen atoms in total. The average Bonchev–Trinajstić information content (AvgIpc) is 3.31. The number of nitrogens with one attached hydrogen (secondary N) is 1. The van der Waals surface area contributed by atoms with E-state index in [1.807, 2.05) is 0 Å². The summed E-state index contributed by atoms with van der Waals surface area (Å²) in [7, 11) is 1.47. The molecule has 0 saturated heterocycles. The second-order valence-corrected chi connectivity index (χ2v) is 6.22. The summed E-state index contributed by atoms with van der Waals surface area (Å²) in [6.45, 7) is -0.931. The fourth-order valence-electron chi connectivity index (χ4n) is 2.93. The molecule has 3 aromatic heterocycles. The molecule has 4 aromatic rings. The van der Waals surface area contributed by atoms with Crippen LogP contribution in [0.1, 0.15) is 20.8 Å². The van der Waals surface area contributed by atoms with E-state index < -0.39 is 18.7 Å².